The third kappa shape index (κ3) is 4.26. The maximum atomic E-state index is 12.1. The number of benzene rings is 2. The van der Waals surface area contributed by atoms with Gasteiger partial charge in [0.05, 0.1) is 17.5 Å². The zero-order chi connectivity index (χ0) is 15.2. The molecular weight excluding hydrogens is 280 g/mol. The molecule has 0 fully saturated rings. The molecule has 0 aliphatic heterocycles. The van der Waals surface area contributed by atoms with Gasteiger partial charge in [-0.15, -0.1) is 0 Å². The van der Waals surface area contributed by atoms with E-state index in [9.17, 15) is 4.79 Å². The molecule has 0 aliphatic rings. The van der Waals surface area contributed by atoms with Gasteiger partial charge in [-0.25, -0.2) is 0 Å². The summed E-state index contributed by atoms with van der Waals surface area (Å²) in [6.45, 7) is 2.04. The van der Waals surface area contributed by atoms with Gasteiger partial charge in [0.15, 0.2) is 0 Å². The summed E-state index contributed by atoms with van der Waals surface area (Å²) in [4.78, 5) is 12.5. The molecule has 2 rings (SSSR count). The highest BCUT2D eigenvalue weighted by Gasteiger charge is 2.14. The Balaban J connectivity index is 2.05. The highest BCUT2D eigenvalue weighted by atomic mass is 32.1. The number of rotatable bonds is 6. The van der Waals surface area contributed by atoms with Crippen LogP contribution in [0.3, 0.4) is 0 Å². The molecule has 0 bridgehead atoms. The van der Waals surface area contributed by atoms with Crippen LogP contribution < -0.4 is 11.1 Å². The highest BCUT2D eigenvalue weighted by molar-refractivity contribution is 7.80. The molecule has 1 amide bonds. The summed E-state index contributed by atoms with van der Waals surface area (Å²) in [5, 5.41) is 5.22. The zero-order valence-corrected chi connectivity index (χ0v) is 13.0. The highest BCUT2D eigenvalue weighted by Crippen LogP contribution is 2.16. The quantitative estimate of drug-likeness (QED) is 0.806. The van der Waals surface area contributed by atoms with Gasteiger partial charge in [0.1, 0.15) is 0 Å². The molecule has 2 aromatic carbocycles. The van der Waals surface area contributed by atoms with E-state index in [1.165, 1.54) is 5.39 Å². The number of nitrogens with two attached hydrogens (primary N) is 1. The first kappa shape index (κ1) is 15.4. The van der Waals surface area contributed by atoms with Crippen LogP contribution >= 0.6 is 12.2 Å². The Kier molecular flexibility index (Phi) is 5.28. The Bertz CT molecular complexity index is 654. The van der Waals surface area contributed by atoms with Crippen LogP contribution in [0.15, 0.2) is 42.5 Å². The molecule has 0 saturated carbocycles. The molecule has 0 saturated heterocycles. The van der Waals surface area contributed by atoms with Crippen LogP contribution in [0.4, 0.5) is 0 Å². The number of nitrogens with one attached hydrogen (secondary N) is 1. The van der Waals surface area contributed by atoms with Crippen LogP contribution in [-0.4, -0.2) is 16.9 Å². The minimum absolute atomic E-state index is 0.0449. The van der Waals surface area contributed by atoms with E-state index < -0.39 is 0 Å². The van der Waals surface area contributed by atoms with E-state index in [2.05, 4.69) is 11.4 Å². The summed E-state index contributed by atoms with van der Waals surface area (Å²) in [7, 11) is 0. The van der Waals surface area contributed by atoms with E-state index in [1.807, 2.05) is 43.3 Å². The molecule has 0 radical (unpaired) electrons. The van der Waals surface area contributed by atoms with Gasteiger partial charge in [-0.3, -0.25) is 4.79 Å². The van der Waals surface area contributed by atoms with Crippen molar-refractivity contribution in [1.82, 2.24) is 5.32 Å². The van der Waals surface area contributed by atoms with E-state index in [1.54, 1.807) is 0 Å². The Labute approximate surface area is 130 Å². The first-order chi connectivity index (χ1) is 10.1. The van der Waals surface area contributed by atoms with Crippen molar-refractivity contribution in [2.45, 2.75) is 32.2 Å². The van der Waals surface area contributed by atoms with Gasteiger partial charge in [-0.2, -0.15) is 0 Å². The van der Waals surface area contributed by atoms with Gasteiger partial charge in [-0.1, -0.05) is 68.0 Å². The summed E-state index contributed by atoms with van der Waals surface area (Å²) in [5.74, 6) is -0.0449. The lowest BCUT2D eigenvalue weighted by molar-refractivity contribution is -0.120. The summed E-state index contributed by atoms with van der Waals surface area (Å²) in [6, 6.07) is 14.0. The summed E-state index contributed by atoms with van der Waals surface area (Å²) in [6.07, 6.45) is 2.05. The largest absolute Gasteiger partial charge is 0.392 e. The second kappa shape index (κ2) is 7.18. The lowest BCUT2D eigenvalue weighted by atomic mass is 10.0. The van der Waals surface area contributed by atoms with Gasteiger partial charge < -0.3 is 11.1 Å². The van der Waals surface area contributed by atoms with Gasteiger partial charge in [0.25, 0.3) is 0 Å². The molecule has 1 atom stereocenters. The molecule has 1 unspecified atom stereocenters. The van der Waals surface area contributed by atoms with Crippen LogP contribution in [-0.2, 0) is 11.2 Å². The van der Waals surface area contributed by atoms with Crippen LogP contribution in [0.2, 0.25) is 0 Å². The minimum atomic E-state index is -0.210. The topological polar surface area (TPSA) is 55.1 Å². The van der Waals surface area contributed by atoms with Crippen molar-refractivity contribution in [3.63, 3.8) is 0 Å². The molecular formula is C17H20N2OS. The van der Waals surface area contributed by atoms with Crippen molar-refractivity contribution in [3.8, 4) is 0 Å². The van der Waals surface area contributed by atoms with E-state index in [4.69, 9.17) is 18.0 Å². The van der Waals surface area contributed by atoms with Crippen molar-refractivity contribution in [2.75, 3.05) is 0 Å². The fourth-order valence-electron chi connectivity index (χ4n) is 2.35. The van der Waals surface area contributed by atoms with E-state index in [0.29, 0.717) is 11.4 Å². The molecule has 3 nitrogen and oxygen atoms in total. The third-order valence-electron chi connectivity index (χ3n) is 3.43. The fourth-order valence-corrected chi connectivity index (χ4v) is 2.53. The second-order valence-electron chi connectivity index (χ2n) is 5.17. The predicted molar refractivity (Wildman–Crippen MR) is 91.3 cm³/mol. The molecule has 0 heterocycles. The molecule has 0 spiro atoms. The van der Waals surface area contributed by atoms with Crippen molar-refractivity contribution in [3.05, 3.63) is 48.0 Å². The van der Waals surface area contributed by atoms with Gasteiger partial charge in [0.2, 0.25) is 5.91 Å². The average Bonchev–Trinajstić information content (AvgIpc) is 2.46. The van der Waals surface area contributed by atoms with Gasteiger partial charge >= 0.3 is 0 Å². The number of carbonyl (C=O) groups excluding carboxylic acids is 1. The number of amides is 1. The third-order valence-corrected chi connectivity index (χ3v) is 3.72. The Hall–Kier alpha value is -1.94. The SMILES string of the molecule is CCCC(NC(=O)Cc1ccc2ccccc2c1)C(N)=S. The second-order valence-corrected chi connectivity index (χ2v) is 5.64. The maximum Gasteiger partial charge on any atom is 0.224 e. The van der Waals surface area contributed by atoms with E-state index >= 15 is 0 Å². The standard InChI is InChI=1S/C17H20N2OS/c1-2-5-15(17(18)21)19-16(20)11-12-8-9-13-6-3-4-7-14(13)10-12/h3-4,6-10,15H,2,5,11H2,1H3,(H2,18,21)(H,19,20). The summed E-state index contributed by atoms with van der Waals surface area (Å²) < 4.78 is 0. The molecule has 110 valence electrons. The lowest BCUT2D eigenvalue weighted by Crippen LogP contribution is -2.43. The molecule has 0 aromatic heterocycles. The maximum absolute atomic E-state index is 12.1. The summed E-state index contributed by atoms with van der Waals surface area (Å²) in [5.41, 5.74) is 6.65. The Morgan fingerprint density at radius 3 is 2.62 bits per heavy atom. The van der Waals surface area contributed by atoms with Crippen molar-refractivity contribution in [1.29, 1.82) is 0 Å². The minimum Gasteiger partial charge on any atom is -0.392 e. The Morgan fingerprint density at radius 2 is 1.95 bits per heavy atom. The molecule has 3 N–H and O–H groups in total. The Morgan fingerprint density at radius 1 is 1.24 bits per heavy atom. The molecule has 0 aliphatic carbocycles. The molecule has 4 heteroatoms. The van der Waals surface area contributed by atoms with Crippen molar-refractivity contribution in [2.24, 2.45) is 5.73 Å². The van der Waals surface area contributed by atoms with Crippen LogP contribution in [0.25, 0.3) is 10.8 Å². The molecule has 21 heavy (non-hydrogen) atoms. The fraction of sp³-hybridized carbons (Fsp3) is 0.294. The van der Waals surface area contributed by atoms with E-state index in [-0.39, 0.29) is 11.9 Å². The molecule has 2 aromatic rings. The van der Waals surface area contributed by atoms with Gasteiger partial charge in [0, 0.05) is 0 Å². The van der Waals surface area contributed by atoms with E-state index in [0.717, 1.165) is 23.8 Å². The zero-order valence-electron chi connectivity index (χ0n) is 12.1. The smallest absolute Gasteiger partial charge is 0.224 e. The normalized spacial score (nSPS) is 12.0. The van der Waals surface area contributed by atoms with Crippen molar-refractivity contribution < 1.29 is 4.79 Å². The van der Waals surface area contributed by atoms with Crippen molar-refractivity contribution >= 4 is 33.9 Å². The van der Waals surface area contributed by atoms with Crippen LogP contribution in [0.5, 0.6) is 0 Å². The first-order valence-electron chi connectivity index (χ1n) is 7.16. The number of hydrogen-bond donors (Lipinski definition) is 2. The predicted octanol–water partition coefficient (Wildman–Crippen LogP) is 2.95. The summed E-state index contributed by atoms with van der Waals surface area (Å²) >= 11 is 4.99. The van der Waals surface area contributed by atoms with Gasteiger partial charge in [-0.05, 0) is 22.8 Å². The number of fused-ring (bicyclic) bond motifs is 1. The monoisotopic (exact) mass is 300 g/mol. The number of hydrogen-bond acceptors (Lipinski definition) is 2. The number of thiocarbonyl (C=S) groups is 1. The lowest BCUT2D eigenvalue weighted by Gasteiger charge is -2.16. The van der Waals surface area contributed by atoms with Crippen LogP contribution in [0.1, 0.15) is 25.3 Å². The average molecular weight is 300 g/mol. The first-order valence-corrected chi connectivity index (χ1v) is 7.57. The van der Waals surface area contributed by atoms with Crippen LogP contribution in [0, 0.1) is 0 Å². The number of carbonyl (C=O) groups is 1.